The lowest BCUT2D eigenvalue weighted by Gasteiger charge is -2.33. The minimum absolute atomic E-state index is 0.164. The molecule has 0 unspecified atom stereocenters. The normalized spacial score (nSPS) is 18.1. The molecule has 2 heterocycles. The Labute approximate surface area is 107 Å². The molecule has 0 radical (unpaired) electrons. The molecule has 7 heteroatoms. The highest BCUT2D eigenvalue weighted by atomic mass is 19.4. The topological polar surface area (TPSA) is 16.1 Å². The van der Waals surface area contributed by atoms with Crippen LogP contribution in [0.5, 0.6) is 0 Å². The first-order valence-corrected chi connectivity index (χ1v) is 5.95. The fourth-order valence-corrected chi connectivity index (χ4v) is 2.23. The SMILES string of the molecule is FC(F)C1CCN(c2ncccc2C(F)(F)F)CC1. The number of anilines is 1. The van der Waals surface area contributed by atoms with Gasteiger partial charge < -0.3 is 4.90 Å². The summed E-state index contributed by atoms with van der Waals surface area (Å²) >= 11 is 0. The Morgan fingerprint density at radius 2 is 1.84 bits per heavy atom. The molecule has 106 valence electrons. The van der Waals surface area contributed by atoms with Crippen molar-refractivity contribution in [2.45, 2.75) is 25.4 Å². The van der Waals surface area contributed by atoms with E-state index in [-0.39, 0.29) is 31.7 Å². The largest absolute Gasteiger partial charge is 0.419 e. The lowest BCUT2D eigenvalue weighted by atomic mass is 9.97. The fraction of sp³-hybridized carbons (Fsp3) is 0.583. The van der Waals surface area contributed by atoms with Crippen molar-refractivity contribution >= 4 is 5.82 Å². The van der Waals surface area contributed by atoms with Crippen molar-refractivity contribution in [3.05, 3.63) is 23.9 Å². The Morgan fingerprint density at radius 1 is 1.21 bits per heavy atom. The fourth-order valence-electron chi connectivity index (χ4n) is 2.23. The average molecular weight is 280 g/mol. The number of hydrogen-bond donors (Lipinski definition) is 0. The van der Waals surface area contributed by atoms with Gasteiger partial charge in [-0.3, -0.25) is 0 Å². The number of alkyl halides is 5. The van der Waals surface area contributed by atoms with Crippen LogP contribution in [0.15, 0.2) is 18.3 Å². The van der Waals surface area contributed by atoms with Crippen LogP contribution in [0.2, 0.25) is 0 Å². The molecule has 19 heavy (non-hydrogen) atoms. The number of pyridine rings is 1. The van der Waals surface area contributed by atoms with E-state index in [4.69, 9.17) is 0 Å². The summed E-state index contributed by atoms with van der Waals surface area (Å²) in [5.41, 5.74) is -0.814. The van der Waals surface area contributed by atoms with Gasteiger partial charge in [-0.1, -0.05) is 0 Å². The van der Waals surface area contributed by atoms with Crippen LogP contribution in [-0.2, 0) is 6.18 Å². The molecule has 0 N–H and O–H groups in total. The summed E-state index contributed by atoms with van der Waals surface area (Å²) in [6, 6.07) is 2.18. The number of hydrogen-bond acceptors (Lipinski definition) is 2. The summed E-state index contributed by atoms with van der Waals surface area (Å²) in [6.45, 7) is 0.351. The molecule has 1 saturated heterocycles. The maximum atomic E-state index is 12.8. The van der Waals surface area contributed by atoms with E-state index in [2.05, 4.69) is 4.98 Å². The summed E-state index contributed by atoms with van der Waals surface area (Å²) in [6.07, 6.45) is -5.24. The van der Waals surface area contributed by atoms with Crippen molar-refractivity contribution in [2.24, 2.45) is 5.92 Å². The highest BCUT2D eigenvalue weighted by Gasteiger charge is 2.37. The molecule has 0 saturated carbocycles. The van der Waals surface area contributed by atoms with Gasteiger partial charge in [-0.15, -0.1) is 0 Å². The maximum absolute atomic E-state index is 12.8. The van der Waals surface area contributed by atoms with Gasteiger partial charge in [0.1, 0.15) is 5.82 Å². The first-order chi connectivity index (χ1) is 8.89. The second kappa shape index (κ2) is 5.30. The summed E-state index contributed by atoms with van der Waals surface area (Å²) in [7, 11) is 0. The summed E-state index contributed by atoms with van der Waals surface area (Å²) < 4.78 is 63.5. The van der Waals surface area contributed by atoms with Crippen LogP contribution in [0.4, 0.5) is 27.8 Å². The number of rotatable bonds is 2. The number of nitrogens with zero attached hydrogens (tertiary/aromatic N) is 2. The van der Waals surface area contributed by atoms with Gasteiger partial charge in [0, 0.05) is 25.2 Å². The van der Waals surface area contributed by atoms with Crippen LogP contribution < -0.4 is 4.90 Å². The molecule has 0 spiro atoms. The van der Waals surface area contributed by atoms with E-state index < -0.39 is 24.1 Å². The van der Waals surface area contributed by atoms with E-state index in [9.17, 15) is 22.0 Å². The first-order valence-electron chi connectivity index (χ1n) is 5.95. The Bertz CT molecular complexity index is 424. The number of piperidine rings is 1. The minimum atomic E-state index is -4.48. The monoisotopic (exact) mass is 280 g/mol. The number of aromatic nitrogens is 1. The zero-order valence-electron chi connectivity index (χ0n) is 10.00. The highest BCUT2D eigenvalue weighted by Crippen LogP contribution is 2.36. The molecule has 0 aliphatic carbocycles. The Kier molecular flexibility index (Phi) is 3.91. The van der Waals surface area contributed by atoms with Crippen molar-refractivity contribution < 1.29 is 22.0 Å². The molecule has 0 aromatic carbocycles. The third-order valence-corrected chi connectivity index (χ3v) is 3.29. The summed E-state index contributed by atoms with van der Waals surface area (Å²) in [4.78, 5) is 5.19. The van der Waals surface area contributed by atoms with Crippen molar-refractivity contribution in [3.8, 4) is 0 Å². The quantitative estimate of drug-likeness (QED) is 0.770. The standard InChI is InChI=1S/C12H13F5N2/c13-10(14)8-3-6-19(7-4-8)11-9(12(15,16)17)2-1-5-18-11/h1-2,5,8,10H,3-4,6-7H2. The van der Waals surface area contributed by atoms with Crippen LogP contribution in [0.3, 0.4) is 0 Å². The molecule has 1 aromatic heterocycles. The Balaban J connectivity index is 2.16. The second-order valence-corrected chi connectivity index (χ2v) is 4.53. The lowest BCUT2D eigenvalue weighted by molar-refractivity contribution is -0.137. The molecule has 1 aromatic rings. The molecular weight excluding hydrogens is 267 g/mol. The van der Waals surface area contributed by atoms with Gasteiger partial charge in [-0.2, -0.15) is 13.2 Å². The molecule has 0 bridgehead atoms. The number of halogens is 5. The molecule has 2 nitrogen and oxygen atoms in total. The van der Waals surface area contributed by atoms with E-state index in [0.29, 0.717) is 0 Å². The van der Waals surface area contributed by atoms with E-state index in [1.807, 2.05) is 0 Å². The van der Waals surface area contributed by atoms with Crippen LogP contribution in [0.25, 0.3) is 0 Å². The van der Waals surface area contributed by atoms with Gasteiger partial charge >= 0.3 is 6.18 Å². The smallest absolute Gasteiger partial charge is 0.356 e. The van der Waals surface area contributed by atoms with Crippen LogP contribution in [0.1, 0.15) is 18.4 Å². The van der Waals surface area contributed by atoms with Crippen molar-refractivity contribution in [3.63, 3.8) is 0 Å². The second-order valence-electron chi connectivity index (χ2n) is 4.53. The predicted octanol–water partition coefficient (Wildman–Crippen LogP) is 3.58. The van der Waals surface area contributed by atoms with Gasteiger partial charge in [0.25, 0.3) is 0 Å². The summed E-state index contributed by atoms with van der Waals surface area (Å²) in [5.74, 6) is -0.892. The minimum Gasteiger partial charge on any atom is -0.356 e. The maximum Gasteiger partial charge on any atom is 0.419 e. The molecule has 1 fully saturated rings. The first kappa shape index (κ1) is 14.0. The summed E-state index contributed by atoms with van der Waals surface area (Å²) in [5, 5.41) is 0. The average Bonchev–Trinajstić information content (AvgIpc) is 2.38. The third kappa shape index (κ3) is 3.13. The van der Waals surface area contributed by atoms with Gasteiger partial charge in [0.05, 0.1) is 5.56 Å². The molecule has 0 amide bonds. The third-order valence-electron chi connectivity index (χ3n) is 3.29. The molecule has 2 rings (SSSR count). The van der Waals surface area contributed by atoms with Crippen LogP contribution in [-0.4, -0.2) is 24.5 Å². The molecular formula is C12H13F5N2. The zero-order chi connectivity index (χ0) is 14.0. The lowest BCUT2D eigenvalue weighted by Crippen LogP contribution is -2.37. The van der Waals surface area contributed by atoms with Crippen LogP contribution >= 0.6 is 0 Å². The molecule has 1 aliphatic heterocycles. The Hall–Kier alpha value is -1.40. The van der Waals surface area contributed by atoms with Gasteiger partial charge in [0.15, 0.2) is 0 Å². The van der Waals surface area contributed by atoms with E-state index in [1.54, 1.807) is 0 Å². The highest BCUT2D eigenvalue weighted by molar-refractivity contribution is 5.48. The van der Waals surface area contributed by atoms with Crippen molar-refractivity contribution in [1.29, 1.82) is 0 Å². The van der Waals surface area contributed by atoms with E-state index >= 15 is 0 Å². The van der Waals surface area contributed by atoms with Crippen molar-refractivity contribution in [2.75, 3.05) is 18.0 Å². The molecule has 1 aliphatic rings. The van der Waals surface area contributed by atoms with E-state index in [0.717, 1.165) is 6.07 Å². The zero-order valence-corrected chi connectivity index (χ0v) is 10.00. The van der Waals surface area contributed by atoms with Gasteiger partial charge in [0.2, 0.25) is 6.43 Å². The molecule has 0 atom stereocenters. The van der Waals surface area contributed by atoms with Crippen LogP contribution in [0, 0.1) is 5.92 Å². The van der Waals surface area contributed by atoms with Gasteiger partial charge in [-0.05, 0) is 25.0 Å². The van der Waals surface area contributed by atoms with Crippen molar-refractivity contribution in [1.82, 2.24) is 4.98 Å². The van der Waals surface area contributed by atoms with E-state index in [1.165, 1.54) is 17.2 Å². The van der Waals surface area contributed by atoms with Gasteiger partial charge in [-0.25, -0.2) is 13.8 Å². The Morgan fingerprint density at radius 3 is 2.37 bits per heavy atom. The predicted molar refractivity (Wildman–Crippen MR) is 60.2 cm³/mol.